The van der Waals surface area contributed by atoms with Crippen molar-refractivity contribution in [3.8, 4) is 11.5 Å². The summed E-state index contributed by atoms with van der Waals surface area (Å²) in [5.41, 5.74) is 1.87. The fourth-order valence-electron chi connectivity index (χ4n) is 3.27. The summed E-state index contributed by atoms with van der Waals surface area (Å²) in [6.07, 6.45) is 3.17. The highest BCUT2D eigenvalue weighted by Crippen LogP contribution is 2.35. The minimum absolute atomic E-state index is 0.227. The first-order valence-electron chi connectivity index (χ1n) is 10.9. The van der Waals surface area contributed by atoms with Gasteiger partial charge >= 0.3 is 5.97 Å². The highest BCUT2D eigenvalue weighted by atomic mass is 32.2. The van der Waals surface area contributed by atoms with Crippen LogP contribution in [0.1, 0.15) is 31.4 Å². The lowest BCUT2D eigenvalue weighted by atomic mass is 10.1. The number of imide groups is 1. The molecular weight excluding hydrogens is 442 g/mol. The standard InChI is InChI=1S/C25H27NO6S/c1-3-30-21-15-19(12-13-20(21)32-17-23(27)31-4-2)16-22-24(28)26(25(29)33-22)14-8-11-18-9-6-5-7-10-18/h5-7,9-10,12-13,15-16H,3-4,8,11,14,17H2,1-2H3/b22-16+. The zero-order valence-electron chi connectivity index (χ0n) is 18.7. The normalized spacial score (nSPS) is 14.6. The summed E-state index contributed by atoms with van der Waals surface area (Å²) < 4.78 is 16.0. The van der Waals surface area contributed by atoms with E-state index in [9.17, 15) is 14.4 Å². The molecule has 0 unspecified atom stereocenters. The molecule has 0 N–H and O–H groups in total. The molecule has 33 heavy (non-hydrogen) atoms. The van der Waals surface area contributed by atoms with Gasteiger partial charge in [0.25, 0.3) is 11.1 Å². The number of rotatable bonds is 11. The molecule has 0 bridgehead atoms. The number of benzene rings is 2. The summed E-state index contributed by atoms with van der Waals surface area (Å²) in [4.78, 5) is 38.4. The van der Waals surface area contributed by atoms with Crippen LogP contribution in [0, 0.1) is 0 Å². The zero-order valence-corrected chi connectivity index (χ0v) is 19.6. The Labute approximate surface area is 197 Å². The van der Waals surface area contributed by atoms with Crippen molar-refractivity contribution < 1.29 is 28.6 Å². The molecule has 0 spiro atoms. The molecule has 1 aliphatic heterocycles. The maximum Gasteiger partial charge on any atom is 0.344 e. The van der Waals surface area contributed by atoms with Crippen LogP contribution in [0.3, 0.4) is 0 Å². The molecule has 1 saturated heterocycles. The van der Waals surface area contributed by atoms with Crippen LogP contribution in [0.4, 0.5) is 4.79 Å². The highest BCUT2D eigenvalue weighted by Gasteiger charge is 2.34. The van der Waals surface area contributed by atoms with Crippen molar-refractivity contribution in [1.82, 2.24) is 4.90 Å². The third-order valence-corrected chi connectivity index (χ3v) is 5.69. The summed E-state index contributed by atoms with van der Waals surface area (Å²) in [6, 6.07) is 15.1. The van der Waals surface area contributed by atoms with Gasteiger partial charge in [0.1, 0.15) is 0 Å². The minimum Gasteiger partial charge on any atom is -0.490 e. The predicted octanol–water partition coefficient (Wildman–Crippen LogP) is 4.70. The number of carbonyl (C=O) groups excluding carboxylic acids is 3. The SMILES string of the molecule is CCOC(=O)COc1ccc(/C=C2/SC(=O)N(CCCc3ccccc3)C2=O)cc1OCC. The van der Waals surface area contributed by atoms with Crippen molar-refractivity contribution in [3.05, 3.63) is 64.6 Å². The summed E-state index contributed by atoms with van der Waals surface area (Å²) in [6.45, 7) is 4.39. The molecule has 0 saturated carbocycles. The van der Waals surface area contributed by atoms with E-state index in [1.807, 2.05) is 37.3 Å². The number of esters is 1. The van der Waals surface area contributed by atoms with E-state index in [0.717, 1.165) is 18.2 Å². The lowest BCUT2D eigenvalue weighted by Gasteiger charge is -2.13. The Balaban J connectivity index is 1.66. The number of hydrogen-bond donors (Lipinski definition) is 0. The molecule has 1 fully saturated rings. The van der Waals surface area contributed by atoms with Crippen LogP contribution in [-0.2, 0) is 20.7 Å². The Kier molecular flexibility index (Phi) is 8.95. The molecule has 2 amide bonds. The molecule has 0 aliphatic carbocycles. The third kappa shape index (κ3) is 6.86. The fourth-order valence-corrected chi connectivity index (χ4v) is 4.14. The van der Waals surface area contributed by atoms with Gasteiger partial charge in [-0.2, -0.15) is 0 Å². The van der Waals surface area contributed by atoms with Crippen LogP contribution in [-0.4, -0.2) is 48.4 Å². The van der Waals surface area contributed by atoms with E-state index in [2.05, 4.69) is 0 Å². The average Bonchev–Trinajstić information content (AvgIpc) is 3.07. The third-order valence-electron chi connectivity index (χ3n) is 4.78. The number of thioether (sulfide) groups is 1. The minimum atomic E-state index is -0.468. The van der Waals surface area contributed by atoms with Crippen LogP contribution in [0.2, 0.25) is 0 Å². The second kappa shape index (κ2) is 12.1. The second-order valence-electron chi connectivity index (χ2n) is 7.16. The van der Waals surface area contributed by atoms with E-state index in [4.69, 9.17) is 14.2 Å². The van der Waals surface area contributed by atoms with Crippen LogP contribution in [0.25, 0.3) is 6.08 Å². The summed E-state index contributed by atoms with van der Waals surface area (Å²) in [7, 11) is 0. The average molecular weight is 470 g/mol. The van der Waals surface area contributed by atoms with E-state index >= 15 is 0 Å². The Morgan fingerprint density at radius 3 is 2.52 bits per heavy atom. The van der Waals surface area contributed by atoms with E-state index in [-0.39, 0.29) is 24.4 Å². The van der Waals surface area contributed by atoms with Crippen LogP contribution < -0.4 is 9.47 Å². The number of amides is 2. The molecule has 2 aromatic rings. The molecule has 8 heteroatoms. The van der Waals surface area contributed by atoms with Crippen molar-refractivity contribution in [2.75, 3.05) is 26.4 Å². The Morgan fingerprint density at radius 1 is 1.00 bits per heavy atom. The first kappa shape index (κ1) is 24.4. The van der Waals surface area contributed by atoms with Crippen molar-refractivity contribution in [2.24, 2.45) is 0 Å². The van der Waals surface area contributed by atoms with Gasteiger partial charge in [0.15, 0.2) is 18.1 Å². The molecule has 1 heterocycles. The van der Waals surface area contributed by atoms with E-state index in [1.165, 1.54) is 10.5 Å². The first-order valence-corrected chi connectivity index (χ1v) is 11.7. The fraction of sp³-hybridized carbons (Fsp3) is 0.320. The molecule has 3 rings (SSSR count). The van der Waals surface area contributed by atoms with E-state index < -0.39 is 5.97 Å². The van der Waals surface area contributed by atoms with Crippen LogP contribution in [0.5, 0.6) is 11.5 Å². The van der Waals surface area contributed by atoms with Gasteiger partial charge in [-0.05, 0) is 67.8 Å². The van der Waals surface area contributed by atoms with Crippen molar-refractivity contribution in [1.29, 1.82) is 0 Å². The summed E-state index contributed by atoms with van der Waals surface area (Å²) in [5.74, 6) is 0.0809. The number of ether oxygens (including phenoxy) is 3. The first-order chi connectivity index (χ1) is 16.0. The number of hydrogen-bond acceptors (Lipinski definition) is 7. The molecule has 0 radical (unpaired) electrons. The van der Waals surface area contributed by atoms with Gasteiger partial charge in [-0.3, -0.25) is 14.5 Å². The van der Waals surface area contributed by atoms with Crippen LogP contribution in [0.15, 0.2) is 53.4 Å². The van der Waals surface area contributed by atoms with Crippen molar-refractivity contribution in [3.63, 3.8) is 0 Å². The number of carbonyl (C=O) groups is 3. The maximum atomic E-state index is 12.8. The Bertz CT molecular complexity index is 1020. The second-order valence-corrected chi connectivity index (χ2v) is 8.15. The molecule has 7 nitrogen and oxygen atoms in total. The van der Waals surface area contributed by atoms with Crippen molar-refractivity contribution in [2.45, 2.75) is 26.7 Å². The Hall–Kier alpha value is -3.26. The highest BCUT2D eigenvalue weighted by molar-refractivity contribution is 8.18. The quantitative estimate of drug-likeness (QED) is 0.349. The monoisotopic (exact) mass is 469 g/mol. The predicted molar refractivity (Wildman–Crippen MR) is 127 cm³/mol. The van der Waals surface area contributed by atoms with Gasteiger partial charge in [-0.25, -0.2) is 4.79 Å². The van der Waals surface area contributed by atoms with Gasteiger partial charge in [-0.15, -0.1) is 0 Å². The topological polar surface area (TPSA) is 82.1 Å². The molecule has 174 valence electrons. The van der Waals surface area contributed by atoms with Gasteiger partial charge in [-0.1, -0.05) is 36.4 Å². The molecule has 2 aromatic carbocycles. The summed E-state index contributed by atoms with van der Waals surface area (Å²) >= 11 is 0.931. The lowest BCUT2D eigenvalue weighted by molar-refractivity contribution is -0.145. The van der Waals surface area contributed by atoms with Gasteiger partial charge in [0.05, 0.1) is 18.1 Å². The van der Waals surface area contributed by atoms with Crippen LogP contribution >= 0.6 is 11.8 Å². The maximum absolute atomic E-state index is 12.8. The molecular formula is C25H27NO6S. The largest absolute Gasteiger partial charge is 0.490 e. The van der Waals surface area contributed by atoms with Crippen molar-refractivity contribution >= 4 is 35.0 Å². The molecule has 0 aromatic heterocycles. The molecule has 1 aliphatic rings. The Morgan fingerprint density at radius 2 is 1.79 bits per heavy atom. The zero-order chi connectivity index (χ0) is 23.6. The van der Waals surface area contributed by atoms with E-state index in [1.54, 1.807) is 31.2 Å². The van der Waals surface area contributed by atoms with E-state index in [0.29, 0.717) is 41.5 Å². The lowest BCUT2D eigenvalue weighted by Crippen LogP contribution is -2.29. The summed E-state index contributed by atoms with van der Waals surface area (Å²) in [5, 5.41) is -0.265. The number of nitrogens with zero attached hydrogens (tertiary/aromatic N) is 1. The van der Waals surface area contributed by atoms with Gasteiger partial charge in [0.2, 0.25) is 0 Å². The van der Waals surface area contributed by atoms with Gasteiger partial charge in [0, 0.05) is 6.54 Å². The van der Waals surface area contributed by atoms with Gasteiger partial charge < -0.3 is 14.2 Å². The number of aryl methyl sites for hydroxylation is 1. The molecule has 0 atom stereocenters. The smallest absolute Gasteiger partial charge is 0.344 e.